The van der Waals surface area contributed by atoms with Crippen molar-refractivity contribution in [2.24, 2.45) is 0 Å². The van der Waals surface area contributed by atoms with Crippen molar-refractivity contribution < 1.29 is 24.2 Å². The number of anilines is 1. The lowest BCUT2D eigenvalue weighted by molar-refractivity contribution is -0.136. The number of halogens is 2. The Morgan fingerprint density at radius 3 is 2.52 bits per heavy atom. The van der Waals surface area contributed by atoms with Crippen molar-refractivity contribution >= 4 is 44.9 Å². The molecule has 0 saturated carbocycles. The van der Waals surface area contributed by atoms with Crippen molar-refractivity contribution in [1.29, 1.82) is 0 Å². The summed E-state index contributed by atoms with van der Waals surface area (Å²) in [6.45, 7) is 1.09. The van der Waals surface area contributed by atoms with Gasteiger partial charge in [-0.2, -0.15) is 0 Å². The standard InChI is InChI=1S/C25H19BrClNO5/c26-17-4-7-20-19(12-17)25(31,24(30)28(20)14-15-1-5-18(27)6-2-15)13-21(29)16-3-8-22-23(11-16)33-10-9-32-22/h1-8,11-12,31H,9-10,13-14H2. The van der Waals surface area contributed by atoms with Crippen molar-refractivity contribution in [3.8, 4) is 11.5 Å². The largest absolute Gasteiger partial charge is 0.486 e. The van der Waals surface area contributed by atoms with Gasteiger partial charge < -0.3 is 19.5 Å². The Hall–Kier alpha value is -2.87. The fourth-order valence-electron chi connectivity index (χ4n) is 4.17. The summed E-state index contributed by atoms with van der Waals surface area (Å²) < 4.78 is 11.8. The van der Waals surface area contributed by atoms with Crippen LogP contribution in [0.4, 0.5) is 5.69 Å². The maximum Gasteiger partial charge on any atom is 0.264 e. The van der Waals surface area contributed by atoms with Gasteiger partial charge in [-0.25, -0.2) is 0 Å². The number of rotatable bonds is 5. The summed E-state index contributed by atoms with van der Waals surface area (Å²) in [7, 11) is 0. The van der Waals surface area contributed by atoms with Crippen molar-refractivity contribution in [2.45, 2.75) is 18.6 Å². The highest BCUT2D eigenvalue weighted by molar-refractivity contribution is 9.10. The smallest absolute Gasteiger partial charge is 0.264 e. The van der Waals surface area contributed by atoms with Gasteiger partial charge in [0.05, 0.1) is 18.7 Å². The molecule has 3 aromatic carbocycles. The number of ketones is 1. The molecule has 8 heteroatoms. The topological polar surface area (TPSA) is 76.1 Å². The van der Waals surface area contributed by atoms with E-state index in [0.717, 1.165) is 5.56 Å². The van der Waals surface area contributed by atoms with E-state index in [-0.39, 0.29) is 12.3 Å². The van der Waals surface area contributed by atoms with E-state index in [1.54, 1.807) is 48.5 Å². The second-order valence-electron chi connectivity index (χ2n) is 8.00. The third-order valence-electron chi connectivity index (χ3n) is 5.83. The molecule has 1 N–H and O–H groups in total. The monoisotopic (exact) mass is 527 g/mol. The first-order valence-electron chi connectivity index (χ1n) is 10.4. The first kappa shape index (κ1) is 21.9. The van der Waals surface area contributed by atoms with Crippen LogP contribution in [0.15, 0.2) is 65.1 Å². The molecule has 0 radical (unpaired) electrons. The van der Waals surface area contributed by atoms with Gasteiger partial charge in [-0.05, 0) is 54.1 Å². The molecule has 0 aliphatic carbocycles. The molecule has 0 fully saturated rings. The lowest BCUT2D eigenvalue weighted by Crippen LogP contribution is -2.41. The zero-order valence-corrected chi connectivity index (χ0v) is 19.7. The van der Waals surface area contributed by atoms with Crippen molar-refractivity contribution in [3.63, 3.8) is 0 Å². The molecule has 0 aromatic heterocycles. The minimum Gasteiger partial charge on any atom is -0.486 e. The fraction of sp³-hybridized carbons (Fsp3) is 0.200. The van der Waals surface area contributed by atoms with Gasteiger partial charge in [0.15, 0.2) is 22.9 Å². The van der Waals surface area contributed by atoms with Crippen LogP contribution in [0, 0.1) is 0 Å². The van der Waals surface area contributed by atoms with E-state index in [2.05, 4.69) is 15.9 Å². The number of carbonyl (C=O) groups is 2. The highest BCUT2D eigenvalue weighted by Gasteiger charge is 2.51. The molecule has 0 spiro atoms. The first-order valence-corrected chi connectivity index (χ1v) is 11.5. The number of fused-ring (bicyclic) bond motifs is 2. The number of nitrogens with zero attached hydrogens (tertiary/aromatic N) is 1. The Bertz CT molecular complexity index is 1260. The lowest BCUT2D eigenvalue weighted by atomic mass is 9.88. The molecule has 2 aliphatic heterocycles. The van der Waals surface area contributed by atoms with E-state index in [1.165, 1.54) is 4.90 Å². The number of hydrogen-bond donors (Lipinski definition) is 1. The molecule has 2 heterocycles. The van der Waals surface area contributed by atoms with E-state index in [9.17, 15) is 14.7 Å². The number of aliphatic hydroxyl groups is 1. The molecule has 1 atom stereocenters. The summed E-state index contributed by atoms with van der Waals surface area (Å²) in [6.07, 6.45) is -0.397. The summed E-state index contributed by atoms with van der Waals surface area (Å²) in [4.78, 5) is 28.2. The number of amides is 1. The summed E-state index contributed by atoms with van der Waals surface area (Å²) >= 11 is 9.39. The normalized spacial score (nSPS) is 18.9. The summed E-state index contributed by atoms with van der Waals surface area (Å²) in [5.41, 5.74) is 0.158. The second-order valence-corrected chi connectivity index (χ2v) is 9.35. The molecule has 2 aliphatic rings. The highest BCUT2D eigenvalue weighted by atomic mass is 79.9. The molecule has 6 nitrogen and oxygen atoms in total. The van der Waals surface area contributed by atoms with Gasteiger partial charge in [0.25, 0.3) is 5.91 Å². The van der Waals surface area contributed by atoms with Gasteiger partial charge in [-0.1, -0.05) is 39.7 Å². The Labute approximate surface area is 203 Å². The van der Waals surface area contributed by atoms with Crippen LogP contribution in [0.25, 0.3) is 0 Å². The average Bonchev–Trinajstić information content (AvgIpc) is 3.01. The Kier molecular flexibility index (Phi) is 5.64. The van der Waals surface area contributed by atoms with Gasteiger partial charge >= 0.3 is 0 Å². The predicted molar refractivity (Wildman–Crippen MR) is 127 cm³/mol. The van der Waals surface area contributed by atoms with Crippen molar-refractivity contribution in [1.82, 2.24) is 0 Å². The van der Waals surface area contributed by atoms with Gasteiger partial charge in [-0.15, -0.1) is 0 Å². The zero-order chi connectivity index (χ0) is 23.2. The van der Waals surface area contributed by atoms with Crippen molar-refractivity contribution in [3.05, 3.63) is 86.8 Å². The SMILES string of the molecule is O=C(CC1(O)C(=O)N(Cc2ccc(Cl)cc2)c2ccc(Br)cc21)c1ccc2c(c1)OCCO2. The van der Waals surface area contributed by atoms with Crippen LogP contribution < -0.4 is 14.4 Å². The number of benzene rings is 3. The van der Waals surface area contributed by atoms with Crippen LogP contribution in [-0.2, 0) is 16.9 Å². The molecule has 5 rings (SSSR count). The van der Waals surface area contributed by atoms with Gasteiger partial charge in [0.2, 0.25) is 0 Å². The number of ether oxygens (including phenoxy) is 2. The van der Waals surface area contributed by atoms with E-state index in [4.69, 9.17) is 21.1 Å². The number of carbonyl (C=O) groups excluding carboxylic acids is 2. The molecule has 0 bridgehead atoms. The third-order valence-corrected chi connectivity index (χ3v) is 6.57. The summed E-state index contributed by atoms with van der Waals surface area (Å²) in [5, 5.41) is 12.2. The number of Topliss-reactive ketones (excluding diaryl/α,β-unsaturated/α-hetero) is 1. The fourth-order valence-corrected chi connectivity index (χ4v) is 4.66. The van der Waals surface area contributed by atoms with Crippen LogP contribution in [-0.4, -0.2) is 30.0 Å². The van der Waals surface area contributed by atoms with Crippen molar-refractivity contribution in [2.75, 3.05) is 18.1 Å². The van der Waals surface area contributed by atoms with Crippen LogP contribution in [0.3, 0.4) is 0 Å². The molecular formula is C25H19BrClNO5. The maximum absolute atomic E-state index is 13.5. The average molecular weight is 529 g/mol. The molecule has 1 unspecified atom stereocenters. The van der Waals surface area contributed by atoms with Gasteiger partial charge in [-0.3, -0.25) is 9.59 Å². The van der Waals surface area contributed by atoms with E-state index in [0.29, 0.717) is 51.0 Å². The summed E-state index contributed by atoms with van der Waals surface area (Å²) in [5.74, 6) is 0.125. The quantitative estimate of drug-likeness (QED) is 0.478. The minimum absolute atomic E-state index is 0.241. The minimum atomic E-state index is -1.99. The lowest BCUT2D eigenvalue weighted by Gasteiger charge is -2.23. The zero-order valence-electron chi connectivity index (χ0n) is 17.4. The molecule has 3 aromatic rings. The third kappa shape index (κ3) is 4.01. The van der Waals surface area contributed by atoms with E-state index in [1.807, 2.05) is 12.1 Å². The second kappa shape index (κ2) is 8.48. The van der Waals surface area contributed by atoms with Crippen LogP contribution in [0.2, 0.25) is 5.02 Å². The van der Waals surface area contributed by atoms with E-state index >= 15 is 0 Å². The highest BCUT2D eigenvalue weighted by Crippen LogP contribution is 2.45. The number of hydrogen-bond acceptors (Lipinski definition) is 5. The molecule has 33 heavy (non-hydrogen) atoms. The van der Waals surface area contributed by atoms with Crippen LogP contribution >= 0.6 is 27.5 Å². The molecule has 0 saturated heterocycles. The predicted octanol–water partition coefficient (Wildman–Crippen LogP) is 4.88. The van der Waals surface area contributed by atoms with Crippen LogP contribution in [0.5, 0.6) is 11.5 Å². The maximum atomic E-state index is 13.5. The Morgan fingerprint density at radius 1 is 1.03 bits per heavy atom. The van der Waals surface area contributed by atoms with Crippen LogP contribution in [0.1, 0.15) is 27.9 Å². The molecule has 168 valence electrons. The van der Waals surface area contributed by atoms with E-state index < -0.39 is 17.9 Å². The molecule has 1 amide bonds. The Morgan fingerprint density at radius 2 is 1.76 bits per heavy atom. The summed E-state index contributed by atoms with van der Waals surface area (Å²) in [6, 6.07) is 17.3. The van der Waals surface area contributed by atoms with Gasteiger partial charge in [0.1, 0.15) is 13.2 Å². The Balaban J connectivity index is 1.47. The van der Waals surface area contributed by atoms with Gasteiger partial charge in [0, 0.05) is 20.6 Å². The molecular weight excluding hydrogens is 510 g/mol. The first-order chi connectivity index (χ1) is 15.8.